The van der Waals surface area contributed by atoms with E-state index >= 15 is 0 Å². The van der Waals surface area contributed by atoms with Crippen molar-refractivity contribution in [2.24, 2.45) is 0 Å². The number of anilines is 1. The molecular weight excluding hydrogens is 279 g/mol. The molecule has 0 aliphatic rings. The monoisotopic (exact) mass is 294 g/mol. The topological polar surface area (TPSA) is 48.1 Å². The summed E-state index contributed by atoms with van der Waals surface area (Å²) < 4.78 is 19.5. The van der Waals surface area contributed by atoms with Gasteiger partial charge in [-0.15, -0.1) is 0 Å². The van der Waals surface area contributed by atoms with E-state index in [-0.39, 0.29) is 5.75 Å². The van der Waals surface area contributed by atoms with Gasteiger partial charge >= 0.3 is 0 Å². The second-order valence-electron chi connectivity index (χ2n) is 5.11. The van der Waals surface area contributed by atoms with E-state index in [1.54, 1.807) is 32.2 Å². The van der Waals surface area contributed by atoms with E-state index in [2.05, 4.69) is 4.98 Å². The molecule has 20 heavy (non-hydrogen) atoms. The van der Waals surface area contributed by atoms with Gasteiger partial charge in [-0.1, -0.05) is 11.6 Å². The molecule has 0 radical (unpaired) electrons. The van der Waals surface area contributed by atoms with Crippen LogP contribution in [0.4, 0.5) is 10.1 Å². The van der Waals surface area contributed by atoms with Crippen LogP contribution in [0, 0.1) is 12.7 Å². The summed E-state index contributed by atoms with van der Waals surface area (Å²) in [6, 6.07) is 6.06. The van der Waals surface area contributed by atoms with Crippen molar-refractivity contribution < 1.29 is 9.13 Å². The lowest BCUT2D eigenvalue weighted by atomic mass is 9.99. The molecule has 0 aliphatic heterocycles. The fraction of sp³-hybridized carbons (Fsp3) is 0.267. The first-order valence-electron chi connectivity index (χ1n) is 6.16. The Hall–Kier alpha value is -1.81. The van der Waals surface area contributed by atoms with Gasteiger partial charge in [0.15, 0.2) is 11.6 Å². The lowest BCUT2D eigenvalue weighted by Gasteiger charge is -2.28. The average molecular weight is 295 g/mol. The summed E-state index contributed by atoms with van der Waals surface area (Å²) in [5, 5.41) is 0.540. The van der Waals surface area contributed by atoms with Crippen molar-refractivity contribution in [1.29, 1.82) is 0 Å². The van der Waals surface area contributed by atoms with Gasteiger partial charge in [0.05, 0.1) is 5.02 Å². The molecule has 0 fully saturated rings. The fourth-order valence-corrected chi connectivity index (χ4v) is 2.33. The van der Waals surface area contributed by atoms with Crippen LogP contribution in [0.5, 0.6) is 5.75 Å². The lowest BCUT2D eigenvalue weighted by Crippen LogP contribution is -2.26. The third kappa shape index (κ3) is 3.02. The number of aryl methyl sites for hydroxylation is 1. The minimum absolute atomic E-state index is 0.126. The second kappa shape index (κ2) is 5.29. The van der Waals surface area contributed by atoms with Crippen LogP contribution in [0.25, 0.3) is 0 Å². The van der Waals surface area contributed by atoms with Crippen molar-refractivity contribution in [3.63, 3.8) is 0 Å². The van der Waals surface area contributed by atoms with E-state index < -0.39 is 11.4 Å². The van der Waals surface area contributed by atoms with Gasteiger partial charge in [0.2, 0.25) is 0 Å². The van der Waals surface area contributed by atoms with E-state index in [4.69, 9.17) is 22.1 Å². The molecule has 2 rings (SSSR count). The summed E-state index contributed by atoms with van der Waals surface area (Å²) >= 11 is 6.21. The number of pyridine rings is 1. The van der Waals surface area contributed by atoms with Gasteiger partial charge in [0, 0.05) is 29.2 Å². The number of benzene rings is 1. The Morgan fingerprint density at radius 2 is 2.00 bits per heavy atom. The van der Waals surface area contributed by atoms with Gasteiger partial charge in [-0.25, -0.2) is 4.39 Å². The third-order valence-electron chi connectivity index (χ3n) is 2.96. The first-order chi connectivity index (χ1) is 9.29. The molecule has 3 nitrogen and oxygen atoms in total. The number of ether oxygens (including phenoxy) is 1. The van der Waals surface area contributed by atoms with Crippen molar-refractivity contribution in [3.8, 4) is 5.75 Å². The van der Waals surface area contributed by atoms with E-state index in [9.17, 15) is 4.39 Å². The zero-order chi connectivity index (χ0) is 14.9. The highest BCUT2D eigenvalue weighted by Crippen LogP contribution is 2.33. The Labute approximate surface area is 122 Å². The maximum Gasteiger partial charge on any atom is 0.167 e. The average Bonchev–Trinajstić information content (AvgIpc) is 2.32. The first kappa shape index (κ1) is 14.6. The molecule has 5 heteroatoms. The number of nitrogens with two attached hydrogens (primary N) is 1. The van der Waals surface area contributed by atoms with Crippen LogP contribution in [-0.2, 0) is 5.60 Å². The van der Waals surface area contributed by atoms with Gasteiger partial charge in [-0.2, -0.15) is 0 Å². The highest BCUT2D eigenvalue weighted by atomic mass is 35.5. The van der Waals surface area contributed by atoms with Crippen LogP contribution in [0.1, 0.15) is 25.1 Å². The van der Waals surface area contributed by atoms with E-state index in [0.717, 1.165) is 5.69 Å². The Kier molecular flexibility index (Phi) is 3.86. The normalized spacial score (nSPS) is 11.4. The van der Waals surface area contributed by atoms with Crippen molar-refractivity contribution in [2.45, 2.75) is 26.4 Å². The number of nitrogens with zero attached hydrogens (tertiary/aromatic N) is 1. The molecule has 0 unspecified atom stereocenters. The molecule has 0 aliphatic carbocycles. The number of nitrogen functional groups attached to an aromatic ring is 1. The van der Waals surface area contributed by atoms with E-state index in [0.29, 0.717) is 16.3 Å². The van der Waals surface area contributed by atoms with Crippen LogP contribution < -0.4 is 10.5 Å². The smallest absolute Gasteiger partial charge is 0.167 e. The third-order valence-corrected chi connectivity index (χ3v) is 3.27. The molecule has 1 aromatic heterocycles. The van der Waals surface area contributed by atoms with Gasteiger partial charge in [-0.05, 0) is 39.0 Å². The minimum atomic E-state index is -0.811. The lowest BCUT2D eigenvalue weighted by molar-refractivity contribution is 0.102. The SMILES string of the molecule is Cc1cc(Cl)c(C(C)(C)Oc2ccc(N)cc2F)cn1. The summed E-state index contributed by atoms with van der Waals surface area (Å²) in [5.41, 5.74) is 6.56. The maximum atomic E-state index is 13.8. The molecule has 0 saturated carbocycles. The summed E-state index contributed by atoms with van der Waals surface area (Å²) in [7, 11) is 0. The number of hydrogen-bond acceptors (Lipinski definition) is 3. The second-order valence-corrected chi connectivity index (χ2v) is 5.51. The van der Waals surface area contributed by atoms with Crippen molar-refractivity contribution >= 4 is 17.3 Å². The molecule has 1 aromatic carbocycles. The van der Waals surface area contributed by atoms with Gasteiger partial charge in [0.25, 0.3) is 0 Å². The Morgan fingerprint density at radius 3 is 2.60 bits per heavy atom. The molecular formula is C15H16ClFN2O. The van der Waals surface area contributed by atoms with Crippen LogP contribution in [0.3, 0.4) is 0 Å². The molecule has 0 atom stereocenters. The van der Waals surface area contributed by atoms with Crippen LogP contribution in [0.2, 0.25) is 5.02 Å². The van der Waals surface area contributed by atoms with Crippen LogP contribution in [0.15, 0.2) is 30.5 Å². The molecule has 0 bridgehead atoms. The Bertz CT molecular complexity index is 644. The summed E-state index contributed by atoms with van der Waals surface area (Å²) in [5.74, 6) is -0.380. The van der Waals surface area contributed by atoms with Crippen LogP contribution >= 0.6 is 11.6 Å². The highest BCUT2D eigenvalue weighted by molar-refractivity contribution is 6.31. The zero-order valence-corrected chi connectivity index (χ0v) is 12.3. The van der Waals surface area contributed by atoms with Gasteiger partial charge in [0.1, 0.15) is 5.60 Å². The predicted octanol–water partition coefficient (Wildman–Crippen LogP) is 4.08. The van der Waals surface area contributed by atoms with Gasteiger partial charge < -0.3 is 10.5 Å². The fourth-order valence-electron chi connectivity index (χ4n) is 1.90. The predicted molar refractivity (Wildman–Crippen MR) is 78.5 cm³/mol. The largest absolute Gasteiger partial charge is 0.480 e. The molecule has 2 aromatic rings. The van der Waals surface area contributed by atoms with Gasteiger partial charge in [-0.3, -0.25) is 4.98 Å². The van der Waals surface area contributed by atoms with Crippen LogP contribution in [-0.4, -0.2) is 4.98 Å². The summed E-state index contributed by atoms with van der Waals surface area (Å²) in [6.45, 7) is 5.46. The zero-order valence-electron chi connectivity index (χ0n) is 11.6. The van der Waals surface area contributed by atoms with Crippen molar-refractivity contribution in [1.82, 2.24) is 4.98 Å². The van der Waals surface area contributed by atoms with E-state index in [1.807, 2.05) is 6.92 Å². The quantitative estimate of drug-likeness (QED) is 0.868. The van der Waals surface area contributed by atoms with E-state index in [1.165, 1.54) is 12.1 Å². The number of halogens is 2. The number of rotatable bonds is 3. The van der Waals surface area contributed by atoms with Crippen molar-refractivity contribution in [3.05, 3.63) is 52.6 Å². The number of hydrogen-bond donors (Lipinski definition) is 1. The standard InChI is InChI=1S/C15H16ClFN2O/c1-9-6-12(16)11(8-19-9)15(2,3)20-14-5-4-10(18)7-13(14)17/h4-8H,18H2,1-3H3. The molecule has 2 N–H and O–H groups in total. The first-order valence-corrected chi connectivity index (χ1v) is 6.54. The Morgan fingerprint density at radius 1 is 1.30 bits per heavy atom. The molecule has 1 heterocycles. The molecule has 0 spiro atoms. The van der Waals surface area contributed by atoms with Crippen molar-refractivity contribution in [2.75, 3.05) is 5.73 Å². The summed E-state index contributed by atoms with van der Waals surface area (Å²) in [6.07, 6.45) is 1.65. The summed E-state index contributed by atoms with van der Waals surface area (Å²) in [4.78, 5) is 4.21. The molecule has 0 saturated heterocycles. The number of aromatic nitrogens is 1. The molecule has 106 valence electrons. The Balaban J connectivity index is 2.35. The highest BCUT2D eigenvalue weighted by Gasteiger charge is 2.27. The molecule has 0 amide bonds. The maximum absolute atomic E-state index is 13.8. The minimum Gasteiger partial charge on any atom is -0.480 e.